The Kier molecular flexibility index (Phi) is 64.3. The first-order valence-corrected chi connectivity index (χ1v) is 38.9. The lowest BCUT2D eigenvalue weighted by molar-refractivity contribution is -0.161. The highest BCUT2D eigenvalue weighted by Crippen LogP contribution is 2.45. The number of aliphatic hydroxyl groups is 2. The molecule has 0 saturated heterocycles. The second-order valence-electron chi connectivity index (χ2n) is 24.0. The number of phosphoric acid groups is 2. The van der Waals surface area contributed by atoms with E-state index in [1.54, 1.807) is 0 Å². The maximum absolute atomic E-state index is 12.9. The Balaban J connectivity index is 4.56. The lowest BCUT2D eigenvalue weighted by atomic mass is 10.1. The van der Waals surface area contributed by atoms with Crippen LogP contribution in [0, 0.1) is 0 Å². The number of aliphatic hydroxyl groups excluding tert-OH is 2. The average Bonchev–Trinajstić information content (AvgIpc) is 3.08. The number of ether oxygens (including phenoxy) is 3. The van der Waals surface area contributed by atoms with E-state index < -0.39 is 91.5 Å². The molecule has 0 aromatic rings. The van der Waals surface area contributed by atoms with Crippen molar-refractivity contribution in [3.05, 3.63) is 85.1 Å². The second kappa shape index (κ2) is 66.7. The predicted octanol–water partition coefficient (Wildman–Crippen LogP) is 20.1. The van der Waals surface area contributed by atoms with Crippen molar-refractivity contribution >= 4 is 33.6 Å². The lowest BCUT2D eigenvalue weighted by Gasteiger charge is -2.21. The van der Waals surface area contributed by atoms with Crippen LogP contribution >= 0.6 is 15.6 Å². The van der Waals surface area contributed by atoms with E-state index in [-0.39, 0.29) is 19.3 Å². The monoisotopic (exact) mass is 1320 g/mol. The van der Waals surface area contributed by atoms with Gasteiger partial charge in [-0.05, 0) is 122 Å². The highest BCUT2D eigenvalue weighted by atomic mass is 31.2. The summed E-state index contributed by atoms with van der Waals surface area (Å²) < 4.78 is 60.9. The Morgan fingerprint density at radius 2 is 0.549 bits per heavy atom. The van der Waals surface area contributed by atoms with Gasteiger partial charge in [-0.25, -0.2) is 9.13 Å². The van der Waals surface area contributed by atoms with Crippen molar-refractivity contribution < 1.29 is 75.8 Å². The molecule has 0 fully saturated rings. The van der Waals surface area contributed by atoms with Crippen molar-refractivity contribution in [1.82, 2.24) is 0 Å². The zero-order valence-electron chi connectivity index (χ0n) is 57.3. The summed E-state index contributed by atoms with van der Waals surface area (Å²) in [5, 5.41) is 20.6. The number of unbranched alkanes of at least 4 members (excludes halogenated alkanes) is 31. The van der Waals surface area contributed by atoms with Gasteiger partial charge in [0, 0.05) is 19.3 Å². The summed E-state index contributed by atoms with van der Waals surface area (Å²) in [4.78, 5) is 58.4. The van der Waals surface area contributed by atoms with Crippen LogP contribution in [0.2, 0.25) is 0 Å². The van der Waals surface area contributed by atoms with Crippen molar-refractivity contribution in [2.75, 3.05) is 39.6 Å². The summed E-state index contributed by atoms with van der Waals surface area (Å²) in [5.41, 5.74) is 0. The van der Waals surface area contributed by atoms with Gasteiger partial charge in [-0.15, -0.1) is 0 Å². The molecule has 0 aliphatic rings. The van der Waals surface area contributed by atoms with Crippen LogP contribution in [0.3, 0.4) is 0 Å². The van der Waals surface area contributed by atoms with E-state index in [0.717, 1.165) is 135 Å². The van der Waals surface area contributed by atoms with Crippen LogP contribution in [0.15, 0.2) is 85.1 Å². The van der Waals surface area contributed by atoms with Gasteiger partial charge in [-0.3, -0.25) is 32.5 Å². The van der Waals surface area contributed by atoms with Crippen LogP contribution in [-0.4, -0.2) is 95.9 Å². The average molecular weight is 1330 g/mol. The maximum atomic E-state index is 12.9. The predicted molar refractivity (Wildman–Crippen MR) is 371 cm³/mol. The van der Waals surface area contributed by atoms with Gasteiger partial charge in [0.05, 0.1) is 26.4 Å². The number of esters is 3. The molecule has 5 unspecified atom stereocenters. The van der Waals surface area contributed by atoms with Crippen LogP contribution in [0.25, 0.3) is 0 Å². The highest BCUT2D eigenvalue weighted by molar-refractivity contribution is 7.47. The molecule has 0 aliphatic heterocycles. The molecule has 0 saturated carbocycles. The van der Waals surface area contributed by atoms with Crippen LogP contribution in [0.1, 0.15) is 303 Å². The van der Waals surface area contributed by atoms with Crippen LogP contribution in [-0.2, 0) is 55.8 Å². The number of carbonyl (C=O) groups is 3. The van der Waals surface area contributed by atoms with E-state index in [4.69, 9.17) is 32.3 Å². The largest absolute Gasteiger partial charge is 0.472 e. The SMILES string of the molecule is CCCCC/C=C\C/C=C\C/C=C\C/C=C\CCCCCCCCCCCC(=O)OCC(O)COP(=O)(O)OCC(O)COP(=O)(O)OCC(COC(=O)CCCCCCC/C=C\C/C=C\CCCCC)OC(=O)CCCCCCC/C=C\CCCCCCCC. The highest BCUT2D eigenvalue weighted by Gasteiger charge is 2.29. The molecule has 528 valence electrons. The number of rotatable bonds is 68. The van der Waals surface area contributed by atoms with Crippen molar-refractivity contribution in [1.29, 1.82) is 0 Å². The second-order valence-corrected chi connectivity index (χ2v) is 26.9. The van der Waals surface area contributed by atoms with E-state index in [0.29, 0.717) is 19.3 Å². The molecule has 0 aromatic heterocycles. The van der Waals surface area contributed by atoms with Gasteiger partial charge in [0.25, 0.3) is 0 Å². The lowest BCUT2D eigenvalue weighted by Crippen LogP contribution is -2.30. The summed E-state index contributed by atoms with van der Waals surface area (Å²) in [7, 11) is -9.78. The third-order valence-corrected chi connectivity index (χ3v) is 17.0. The summed E-state index contributed by atoms with van der Waals surface area (Å²) in [6, 6.07) is 0. The van der Waals surface area contributed by atoms with Gasteiger partial charge in [-0.1, -0.05) is 247 Å². The first-order valence-electron chi connectivity index (χ1n) is 35.9. The molecular weight excluding hydrogens is 1190 g/mol. The number of allylic oxidation sites excluding steroid dienone is 14. The van der Waals surface area contributed by atoms with Crippen LogP contribution in [0.5, 0.6) is 0 Å². The van der Waals surface area contributed by atoms with Gasteiger partial charge >= 0.3 is 33.6 Å². The standard InChI is InChI=1S/C73H130O16P2/c1-4-7-10-13-16-19-22-25-28-29-30-31-32-33-34-35-36-37-40-42-44-47-50-53-56-59-71(76)83-62-68(74)63-85-90(79,80)86-64-69(75)65-87-91(81,82)88-67-70(89-73(78)61-58-55-52-49-46-43-39-27-24-21-18-15-12-9-6-3)66-84-72(77)60-57-54-51-48-45-41-38-26-23-20-17-14-11-8-5-2/h16-17,19-20,25-28,30-31,33-34,38-39,68-70,74-75H,4-15,18,21-24,29,32,35-37,40-67H2,1-3H3,(H,79,80)(H,81,82)/b19-16-,20-17-,28-25-,31-30-,34-33-,38-26-,39-27-. The Bertz CT molecular complexity index is 2000. The molecule has 91 heavy (non-hydrogen) atoms. The van der Waals surface area contributed by atoms with Crippen molar-refractivity contribution in [2.45, 2.75) is 322 Å². The molecule has 16 nitrogen and oxygen atoms in total. The molecule has 0 bridgehead atoms. The molecular formula is C73H130O16P2. The Morgan fingerprint density at radius 1 is 0.308 bits per heavy atom. The topological polar surface area (TPSA) is 231 Å². The molecule has 5 atom stereocenters. The normalized spacial score (nSPS) is 14.7. The van der Waals surface area contributed by atoms with Gasteiger partial charge in [0.15, 0.2) is 6.10 Å². The molecule has 0 spiro atoms. The molecule has 18 heteroatoms. The van der Waals surface area contributed by atoms with E-state index in [9.17, 15) is 43.5 Å². The Hall–Kier alpha value is -3.27. The van der Waals surface area contributed by atoms with E-state index in [2.05, 4.69) is 106 Å². The molecule has 0 rings (SSSR count). The minimum Gasteiger partial charge on any atom is -0.463 e. The van der Waals surface area contributed by atoms with Crippen molar-refractivity contribution in [3.8, 4) is 0 Å². The summed E-state index contributed by atoms with van der Waals surface area (Å²) in [6.45, 7) is 2.60. The number of hydrogen-bond acceptors (Lipinski definition) is 14. The summed E-state index contributed by atoms with van der Waals surface area (Å²) in [6.07, 6.45) is 72.0. The third-order valence-electron chi connectivity index (χ3n) is 15.1. The first kappa shape index (κ1) is 87.7. The fourth-order valence-electron chi connectivity index (χ4n) is 9.52. The minimum absolute atomic E-state index is 0.0927. The van der Waals surface area contributed by atoms with Crippen LogP contribution < -0.4 is 0 Å². The van der Waals surface area contributed by atoms with E-state index in [1.807, 2.05) is 0 Å². The van der Waals surface area contributed by atoms with Crippen molar-refractivity contribution in [2.24, 2.45) is 0 Å². The number of phosphoric ester groups is 2. The smallest absolute Gasteiger partial charge is 0.463 e. The van der Waals surface area contributed by atoms with Gasteiger partial charge in [-0.2, -0.15) is 0 Å². The molecule has 0 amide bonds. The zero-order valence-corrected chi connectivity index (χ0v) is 59.0. The molecule has 0 aromatic carbocycles. The Labute approximate surface area is 553 Å². The fraction of sp³-hybridized carbons (Fsp3) is 0.767. The molecule has 0 radical (unpaired) electrons. The zero-order chi connectivity index (χ0) is 66.7. The third kappa shape index (κ3) is 67.9. The summed E-state index contributed by atoms with van der Waals surface area (Å²) >= 11 is 0. The van der Waals surface area contributed by atoms with E-state index >= 15 is 0 Å². The molecule has 4 N–H and O–H groups in total. The first-order chi connectivity index (χ1) is 44.2. The number of carbonyl (C=O) groups excluding carboxylic acids is 3. The quantitative estimate of drug-likeness (QED) is 0.0146. The van der Waals surface area contributed by atoms with Gasteiger partial charge in [0.2, 0.25) is 0 Å². The van der Waals surface area contributed by atoms with Crippen molar-refractivity contribution in [3.63, 3.8) is 0 Å². The molecule has 0 heterocycles. The fourth-order valence-corrected chi connectivity index (χ4v) is 11.1. The van der Waals surface area contributed by atoms with E-state index in [1.165, 1.54) is 109 Å². The van der Waals surface area contributed by atoms with Gasteiger partial charge < -0.3 is 34.2 Å². The number of hydrogen-bond donors (Lipinski definition) is 4. The maximum Gasteiger partial charge on any atom is 0.472 e. The van der Waals surface area contributed by atoms with Crippen LogP contribution in [0.4, 0.5) is 0 Å². The van der Waals surface area contributed by atoms with Gasteiger partial charge in [0.1, 0.15) is 25.4 Å². The molecule has 0 aliphatic carbocycles. The summed E-state index contributed by atoms with van der Waals surface area (Å²) in [5.74, 6) is -1.60. The minimum atomic E-state index is -4.93. The Morgan fingerprint density at radius 3 is 0.901 bits per heavy atom.